The van der Waals surface area contributed by atoms with E-state index in [4.69, 9.17) is 5.11 Å². The zero-order chi connectivity index (χ0) is 14.6. The Morgan fingerprint density at radius 1 is 1.37 bits per heavy atom. The number of rotatable bonds is 4. The number of carbonyl (C=O) groups is 2. The van der Waals surface area contributed by atoms with E-state index in [-0.39, 0.29) is 11.9 Å². The van der Waals surface area contributed by atoms with Crippen LogP contribution in [0.25, 0.3) is 0 Å². The lowest BCUT2D eigenvalue weighted by atomic mass is 10.1. The number of piperazine rings is 1. The van der Waals surface area contributed by atoms with E-state index >= 15 is 0 Å². The van der Waals surface area contributed by atoms with Crippen molar-refractivity contribution in [3.8, 4) is 0 Å². The molecule has 19 heavy (non-hydrogen) atoms. The molecule has 0 bridgehead atoms. The average Bonchev–Trinajstić information content (AvgIpc) is 2.35. The minimum atomic E-state index is -0.982. The largest absolute Gasteiger partial charge is 0.480 e. The van der Waals surface area contributed by atoms with E-state index in [1.807, 2.05) is 0 Å². The molecule has 6 nitrogen and oxygen atoms in total. The van der Waals surface area contributed by atoms with E-state index in [2.05, 4.69) is 24.2 Å². The number of aliphatic carboxylic acids is 1. The molecule has 0 spiro atoms. The Hall–Kier alpha value is -1.30. The molecule has 110 valence electrons. The molecule has 0 aromatic carbocycles. The summed E-state index contributed by atoms with van der Waals surface area (Å²) in [5.41, 5.74) is 0. The monoisotopic (exact) mass is 271 g/mol. The first-order valence-electron chi connectivity index (χ1n) is 6.85. The van der Waals surface area contributed by atoms with Gasteiger partial charge in [-0.2, -0.15) is 0 Å². The molecule has 1 aliphatic heterocycles. The maximum atomic E-state index is 12.1. The van der Waals surface area contributed by atoms with Gasteiger partial charge in [-0.1, -0.05) is 20.8 Å². The van der Waals surface area contributed by atoms with Crippen molar-refractivity contribution < 1.29 is 14.7 Å². The normalized spacial score (nSPS) is 22.4. The Kier molecular flexibility index (Phi) is 5.60. The van der Waals surface area contributed by atoms with E-state index in [1.165, 1.54) is 0 Å². The van der Waals surface area contributed by atoms with Gasteiger partial charge in [0.25, 0.3) is 0 Å². The maximum absolute atomic E-state index is 12.1. The fourth-order valence-corrected chi connectivity index (χ4v) is 2.31. The van der Waals surface area contributed by atoms with Crippen LogP contribution < -0.4 is 5.32 Å². The maximum Gasteiger partial charge on any atom is 0.326 e. The topological polar surface area (TPSA) is 72.9 Å². The van der Waals surface area contributed by atoms with Crippen LogP contribution >= 0.6 is 0 Å². The van der Waals surface area contributed by atoms with Gasteiger partial charge in [0.05, 0.1) is 0 Å². The van der Waals surface area contributed by atoms with Crippen LogP contribution in [0.4, 0.5) is 4.79 Å². The standard InChI is InChI=1S/C13H25N3O3/c1-5-10-8-16(7-6-15(10)4)13(19)14-11(9(2)3)12(17)18/h9-11H,5-8H2,1-4H3,(H,14,19)(H,17,18). The second-order valence-corrected chi connectivity index (χ2v) is 5.50. The highest BCUT2D eigenvalue weighted by atomic mass is 16.4. The summed E-state index contributed by atoms with van der Waals surface area (Å²) in [6.07, 6.45) is 0.979. The fraction of sp³-hybridized carbons (Fsp3) is 0.846. The number of carbonyl (C=O) groups excluding carboxylic acids is 1. The molecule has 2 unspecified atom stereocenters. The van der Waals surface area contributed by atoms with E-state index in [0.717, 1.165) is 13.0 Å². The highest BCUT2D eigenvalue weighted by Gasteiger charge is 2.30. The predicted octanol–water partition coefficient (Wildman–Crippen LogP) is 0.831. The molecule has 1 heterocycles. The van der Waals surface area contributed by atoms with E-state index < -0.39 is 12.0 Å². The van der Waals surface area contributed by atoms with Gasteiger partial charge < -0.3 is 15.3 Å². The second-order valence-electron chi connectivity index (χ2n) is 5.50. The van der Waals surface area contributed by atoms with Gasteiger partial charge in [0, 0.05) is 25.7 Å². The first-order valence-corrected chi connectivity index (χ1v) is 6.85. The highest BCUT2D eigenvalue weighted by Crippen LogP contribution is 2.11. The van der Waals surface area contributed by atoms with Crippen molar-refractivity contribution in [1.29, 1.82) is 0 Å². The van der Waals surface area contributed by atoms with Crippen LogP contribution in [0.1, 0.15) is 27.2 Å². The fourth-order valence-electron chi connectivity index (χ4n) is 2.31. The molecule has 0 radical (unpaired) electrons. The summed E-state index contributed by atoms with van der Waals surface area (Å²) in [4.78, 5) is 27.2. The van der Waals surface area contributed by atoms with Crippen LogP contribution in [0.5, 0.6) is 0 Å². The van der Waals surface area contributed by atoms with Gasteiger partial charge in [-0.3, -0.25) is 4.90 Å². The number of nitrogens with zero attached hydrogens (tertiary/aromatic N) is 2. The molecule has 0 saturated carbocycles. The molecular weight excluding hydrogens is 246 g/mol. The van der Waals surface area contributed by atoms with E-state index in [1.54, 1.807) is 18.7 Å². The molecule has 1 aliphatic rings. The van der Waals surface area contributed by atoms with Gasteiger partial charge in [-0.05, 0) is 19.4 Å². The third-order valence-electron chi connectivity index (χ3n) is 3.75. The van der Waals surface area contributed by atoms with Crippen molar-refractivity contribution in [2.75, 3.05) is 26.7 Å². The van der Waals surface area contributed by atoms with Gasteiger partial charge in [-0.15, -0.1) is 0 Å². The summed E-state index contributed by atoms with van der Waals surface area (Å²) in [6, 6.07) is -0.748. The molecule has 0 aliphatic carbocycles. The van der Waals surface area contributed by atoms with Gasteiger partial charge in [0.2, 0.25) is 0 Å². The Labute approximate surface area is 114 Å². The average molecular weight is 271 g/mol. The smallest absolute Gasteiger partial charge is 0.326 e. The molecule has 1 fully saturated rings. The van der Waals surface area contributed by atoms with Crippen LogP contribution in [-0.2, 0) is 4.79 Å². The van der Waals surface area contributed by atoms with Crippen LogP contribution in [0, 0.1) is 5.92 Å². The third kappa shape index (κ3) is 4.09. The Balaban J connectivity index is 2.60. The predicted molar refractivity (Wildman–Crippen MR) is 73.1 cm³/mol. The van der Waals surface area contributed by atoms with Gasteiger partial charge in [0.1, 0.15) is 6.04 Å². The molecule has 1 saturated heterocycles. The van der Waals surface area contributed by atoms with Crippen molar-refractivity contribution in [1.82, 2.24) is 15.1 Å². The van der Waals surface area contributed by atoms with Crippen LogP contribution in [0.15, 0.2) is 0 Å². The number of urea groups is 1. The minimum Gasteiger partial charge on any atom is -0.480 e. The Bertz CT molecular complexity index is 333. The van der Waals surface area contributed by atoms with Crippen molar-refractivity contribution in [2.24, 2.45) is 5.92 Å². The van der Waals surface area contributed by atoms with Crippen molar-refractivity contribution in [3.63, 3.8) is 0 Å². The zero-order valence-corrected chi connectivity index (χ0v) is 12.2. The first kappa shape index (κ1) is 15.8. The second kappa shape index (κ2) is 6.75. The summed E-state index contributed by atoms with van der Waals surface area (Å²) < 4.78 is 0. The lowest BCUT2D eigenvalue weighted by Gasteiger charge is -2.39. The summed E-state index contributed by atoms with van der Waals surface area (Å²) in [5.74, 6) is -1.11. The third-order valence-corrected chi connectivity index (χ3v) is 3.75. The number of carboxylic acids is 1. The number of hydrogen-bond donors (Lipinski definition) is 2. The summed E-state index contributed by atoms with van der Waals surface area (Å²) in [5, 5.41) is 11.7. The number of hydrogen-bond acceptors (Lipinski definition) is 3. The molecule has 2 N–H and O–H groups in total. The summed E-state index contributed by atoms with van der Waals surface area (Å²) >= 11 is 0. The van der Waals surface area contributed by atoms with Crippen LogP contribution in [0.3, 0.4) is 0 Å². The quantitative estimate of drug-likeness (QED) is 0.794. The van der Waals surface area contributed by atoms with Crippen molar-refractivity contribution in [2.45, 2.75) is 39.3 Å². The van der Waals surface area contributed by atoms with E-state index in [0.29, 0.717) is 19.1 Å². The molecule has 6 heteroatoms. The van der Waals surface area contributed by atoms with E-state index in [9.17, 15) is 9.59 Å². The van der Waals surface area contributed by atoms with Crippen LogP contribution in [-0.4, -0.2) is 65.7 Å². The molecule has 1 rings (SSSR count). The number of carboxylic acid groups (broad SMARTS) is 1. The summed E-state index contributed by atoms with van der Waals surface area (Å²) in [7, 11) is 2.05. The number of amides is 2. The van der Waals surface area contributed by atoms with Gasteiger partial charge in [-0.25, -0.2) is 9.59 Å². The zero-order valence-electron chi connectivity index (χ0n) is 12.2. The first-order chi connectivity index (χ1) is 8.86. The lowest BCUT2D eigenvalue weighted by molar-refractivity contribution is -0.140. The molecule has 2 amide bonds. The molecular formula is C13H25N3O3. The Morgan fingerprint density at radius 2 is 2.00 bits per heavy atom. The minimum absolute atomic E-state index is 0.129. The lowest BCUT2D eigenvalue weighted by Crippen LogP contribution is -2.58. The van der Waals surface area contributed by atoms with Crippen LogP contribution in [0.2, 0.25) is 0 Å². The number of likely N-dealkylation sites (N-methyl/N-ethyl adjacent to an activating group) is 1. The van der Waals surface area contributed by atoms with Gasteiger partial charge in [0.15, 0.2) is 0 Å². The van der Waals surface area contributed by atoms with Gasteiger partial charge >= 0.3 is 12.0 Å². The van der Waals surface area contributed by atoms with Crippen molar-refractivity contribution in [3.05, 3.63) is 0 Å². The highest BCUT2D eigenvalue weighted by molar-refractivity contribution is 5.82. The summed E-state index contributed by atoms with van der Waals surface area (Å²) in [6.45, 7) is 7.80. The Morgan fingerprint density at radius 3 is 2.47 bits per heavy atom. The van der Waals surface area contributed by atoms with Crippen molar-refractivity contribution >= 4 is 12.0 Å². The number of nitrogens with one attached hydrogen (secondary N) is 1. The molecule has 2 atom stereocenters. The SMILES string of the molecule is CCC1CN(C(=O)NC(C(=O)O)C(C)C)CCN1C. The molecule has 0 aromatic heterocycles. The molecule has 0 aromatic rings.